The molecule has 0 spiro atoms. The second kappa shape index (κ2) is 10.7. The molecule has 30 heavy (non-hydrogen) atoms. The zero-order chi connectivity index (χ0) is 23.2. The van der Waals surface area contributed by atoms with Crippen LogP contribution in [0.2, 0.25) is 0 Å². The molecule has 2 N–H and O–H groups in total. The van der Waals surface area contributed by atoms with E-state index in [2.05, 4.69) is 48.5 Å². The Hall–Kier alpha value is -1.51. The largest absolute Gasteiger partial charge is 0.507 e. The number of hydrogen-bond acceptors (Lipinski definition) is 2. The van der Waals surface area contributed by atoms with Gasteiger partial charge in [-0.05, 0) is 47.3 Å². The lowest BCUT2D eigenvalue weighted by Gasteiger charge is -2.30. The lowest BCUT2D eigenvalue weighted by atomic mass is 9.74. The van der Waals surface area contributed by atoms with Crippen LogP contribution in [-0.4, -0.2) is 16.2 Å². The van der Waals surface area contributed by atoms with Crippen LogP contribution in [0.5, 0.6) is 5.75 Å². The summed E-state index contributed by atoms with van der Waals surface area (Å²) < 4.78 is 0. The minimum atomic E-state index is -0.787. The van der Waals surface area contributed by atoms with Gasteiger partial charge in [0.25, 0.3) is 0 Å². The SMILES string of the molecule is CCCCCCCCCC(C)(Cc1cc(C(C)(C)C)c(O)c(C(C)(C)C)c1)C(=O)O. The van der Waals surface area contributed by atoms with E-state index in [-0.39, 0.29) is 10.8 Å². The first kappa shape index (κ1) is 26.5. The maximum absolute atomic E-state index is 12.2. The standard InChI is InChI=1S/C27H46O3/c1-9-10-11-12-13-14-15-16-27(8,24(29)30)19-20-17-21(25(2,3)4)23(28)22(18-20)26(5,6)7/h17-18,28H,9-16,19H2,1-8H3,(H,29,30). The van der Waals surface area contributed by atoms with Gasteiger partial charge < -0.3 is 10.2 Å². The summed E-state index contributed by atoms with van der Waals surface area (Å²) in [6.45, 7) is 16.6. The van der Waals surface area contributed by atoms with E-state index < -0.39 is 11.4 Å². The molecule has 1 rings (SSSR count). The fourth-order valence-electron chi connectivity index (χ4n) is 4.13. The molecule has 1 atom stereocenters. The average Bonchev–Trinajstić information content (AvgIpc) is 2.60. The second-order valence-electron chi connectivity index (χ2n) is 11.5. The van der Waals surface area contributed by atoms with Crippen LogP contribution in [-0.2, 0) is 22.0 Å². The highest BCUT2D eigenvalue weighted by Crippen LogP contribution is 2.41. The summed E-state index contributed by atoms with van der Waals surface area (Å²) in [4.78, 5) is 12.2. The quantitative estimate of drug-likeness (QED) is 0.361. The molecule has 0 aromatic heterocycles. The van der Waals surface area contributed by atoms with E-state index in [1.165, 1.54) is 32.1 Å². The fraction of sp³-hybridized carbons (Fsp3) is 0.741. The Bertz CT molecular complexity index is 656. The van der Waals surface area contributed by atoms with Gasteiger partial charge in [0.15, 0.2) is 0 Å². The zero-order valence-corrected chi connectivity index (χ0v) is 20.8. The molecule has 0 fully saturated rings. The van der Waals surface area contributed by atoms with Crippen LogP contribution in [0.25, 0.3) is 0 Å². The summed E-state index contributed by atoms with van der Waals surface area (Å²) >= 11 is 0. The molecule has 0 radical (unpaired) electrons. The number of carboxylic acid groups (broad SMARTS) is 1. The van der Waals surface area contributed by atoms with Gasteiger partial charge in [-0.3, -0.25) is 4.79 Å². The number of rotatable bonds is 11. The summed E-state index contributed by atoms with van der Waals surface area (Å²) in [5, 5.41) is 21.0. The van der Waals surface area contributed by atoms with Crippen molar-refractivity contribution in [2.24, 2.45) is 5.41 Å². The molecule has 0 aliphatic heterocycles. The molecule has 0 saturated carbocycles. The maximum atomic E-state index is 12.2. The molecule has 0 heterocycles. The number of aromatic hydroxyl groups is 1. The van der Waals surface area contributed by atoms with E-state index in [1.807, 2.05) is 19.1 Å². The number of unbranched alkanes of at least 4 members (excludes halogenated alkanes) is 6. The maximum Gasteiger partial charge on any atom is 0.309 e. The highest BCUT2D eigenvalue weighted by atomic mass is 16.4. The van der Waals surface area contributed by atoms with Crippen LogP contribution in [0.3, 0.4) is 0 Å². The van der Waals surface area contributed by atoms with Crippen molar-refractivity contribution in [3.05, 3.63) is 28.8 Å². The van der Waals surface area contributed by atoms with Crippen molar-refractivity contribution in [3.8, 4) is 5.75 Å². The monoisotopic (exact) mass is 418 g/mol. The number of phenolic OH excluding ortho intramolecular Hbond substituents is 1. The topological polar surface area (TPSA) is 57.5 Å². The third-order valence-electron chi connectivity index (χ3n) is 6.23. The Balaban J connectivity index is 3.06. The third-order valence-corrected chi connectivity index (χ3v) is 6.23. The first-order valence-corrected chi connectivity index (χ1v) is 11.8. The molecule has 172 valence electrons. The fourth-order valence-corrected chi connectivity index (χ4v) is 4.13. The van der Waals surface area contributed by atoms with Crippen LogP contribution >= 0.6 is 0 Å². The summed E-state index contributed by atoms with van der Waals surface area (Å²) in [5.74, 6) is -0.376. The zero-order valence-electron chi connectivity index (χ0n) is 20.8. The van der Waals surface area contributed by atoms with Gasteiger partial charge in [-0.15, -0.1) is 0 Å². The van der Waals surface area contributed by atoms with Crippen LogP contribution in [0.4, 0.5) is 0 Å². The molecule has 3 heteroatoms. The van der Waals surface area contributed by atoms with E-state index in [0.717, 1.165) is 29.5 Å². The average molecular weight is 419 g/mol. The van der Waals surface area contributed by atoms with E-state index in [4.69, 9.17) is 0 Å². The smallest absolute Gasteiger partial charge is 0.309 e. The first-order chi connectivity index (χ1) is 13.7. The summed E-state index contributed by atoms with van der Waals surface area (Å²) in [6.07, 6.45) is 9.49. The molecule has 3 nitrogen and oxygen atoms in total. The van der Waals surface area contributed by atoms with E-state index in [1.54, 1.807) is 0 Å². The lowest BCUT2D eigenvalue weighted by Crippen LogP contribution is -2.30. The Morgan fingerprint density at radius 2 is 1.23 bits per heavy atom. The molecule has 0 aliphatic carbocycles. The van der Waals surface area contributed by atoms with Crippen molar-refractivity contribution in [2.45, 2.75) is 124 Å². The highest BCUT2D eigenvalue weighted by molar-refractivity contribution is 5.74. The predicted molar refractivity (Wildman–Crippen MR) is 128 cm³/mol. The number of carbonyl (C=O) groups is 1. The number of carboxylic acids is 1. The molecule has 0 saturated heterocycles. The van der Waals surface area contributed by atoms with E-state index in [9.17, 15) is 15.0 Å². The number of benzene rings is 1. The lowest BCUT2D eigenvalue weighted by molar-refractivity contribution is -0.148. The van der Waals surface area contributed by atoms with Gasteiger partial charge in [0.05, 0.1) is 5.41 Å². The Kier molecular flexibility index (Phi) is 9.45. The van der Waals surface area contributed by atoms with Crippen LogP contribution < -0.4 is 0 Å². The van der Waals surface area contributed by atoms with Gasteiger partial charge in [-0.1, -0.05) is 106 Å². The Morgan fingerprint density at radius 3 is 1.63 bits per heavy atom. The molecule has 0 aliphatic rings. The molecular weight excluding hydrogens is 372 g/mol. The van der Waals surface area contributed by atoms with Crippen molar-refractivity contribution < 1.29 is 15.0 Å². The van der Waals surface area contributed by atoms with Crippen LogP contribution in [0, 0.1) is 5.41 Å². The molecule has 0 amide bonds. The van der Waals surface area contributed by atoms with Crippen molar-refractivity contribution in [2.75, 3.05) is 0 Å². The molecule has 1 aromatic carbocycles. The van der Waals surface area contributed by atoms with Crippen molar-refractivity contribution >= 4 is 5.97 Å². The van der Waals surface area contributed by atoms with E-state index >= 15 is 0 Å². The normalized spacial score (nSPS) is 14.5. The summed E-state index contributed by atoms with van der Waals surface area (Å²) in [7, 11) is 0. The second-order valence-corrected chi connectivity index (χ2v) is 11.5. The van der Waals surface area contributed by atoms with Crippen LogP contribution in [0.15, 0.2) is 12.1 Å². The van der Waals surface area contributed by atoms with Gasteiger partial charge in [-0.2, -0.15) is 0 Å². The minimum Gasteiger partial charge on any atom is -0.507 e. The Labute approximate surface area is 185 Å². The number of hydrogen-bond donors (Lipinski definition) is 2. The van der Waals surface area contributed by atoms with Crippen molar-refractivity contribution in [1.82, 2.24) is 0 Å². The summed E-state index contributed by atoms with van der Waals surface area (Å²) in [6, 6.07) is 4.05. The molecule has 1 aromatic rings. The Morgan fingerprint density at radius 1 is 0.800 bits per heavy atom. The van der Waals surface area contributed by atoms with Gasteiger partial charge in [0, 0.05) is 0 Å². The van der Waals surface area contributed by atoms with Gasteiger partial charge >= 0.3 is 5.97 Å². The van der Waals surface area contributed by atoms with Gasteiger partial charge in [-0.25, -0.2) is 0 Å². The van der Waals surface area contributed by atoms with Crippen molar-refractivity contribution in [3.63, 3.8) is 0 Å². The first-order valence-electron chi connectivity index (χ1n) is 11.8. The van der Waals surface area contributed by atoms with Crippen LogP contribution in [0.1, 0.15) is 123 Å². The minimum absolute atomic E-state index is 0.210. The van der Waals surface area contributed by atoms with Gasteiger partial charge in [0.1, 0.15) is 5.75 Å². The van der Waals surface area contributed by atoms with E-state index in [0.29, 0.717) is 18.6 Å². The molecule has 1 unspecified atom stereocenters. The highest BCUT2D eigenvalue weighted by Gasteiger charge is 2.34. The van der Waals surface area contributed by atoms with Gasteiger partial charge in [0.2, 0.25) is 0 Å². The summed E-state index contributed by atoms with van der Waals surface area (Å²) in [5.41, 5.74) is 1.60. The van der Waals surface area contributed by atoms with Crippen molar-refractivity contribution in [1.29, 1.82) is 0 Å². The number of phenols is 1. The number of aliphatic carboxylic acids is 1. The molecule has 0 bridgehead atoms. The molecular formula is C27H46O3. The predicted octanol–water partition coefficient (Wildman–Crippen LogP) is 7.76. The third kappa shape index (κ3) is 7.63.